The lowest BCUT2D eigenvalue weighted by atomic mass is 9.90. The van der Waals surface area contributed by atoms with Gasteiger partial charge in [-0.05, 0) is 74.2 Å². The van der Waals surface area contributed by atoms with Crippen LogP contribution in [-0.2, 0) is 19.3 Å². The Morgan fingerprint density at radius 2 is 0.774 bits per heavy atom. The van der Waals surface area contributed by atoms with Gasteiger partial charge in [-0.3, -0.25) is 0 Å². The van der Waals surface area contributed by atoms with E-state index in [9.17, 15) is 0 Å². The third-order valence-corrected chi connectivity index (χ3v) is 6.57. The van der Waals surface area contributed by atoms with E-state index in [0.717, 1.165) is 19.3 Å². The van der Waals surface area contributed by atoms with Crippen molar-refractivity contribution in [2.45, 2.75) is 33.1 Å². The van der Waals surface area contributed by atoms with Gasteiger partial charge in [-0.15, -0.1) is 0 Å². The van der Waals surface area contributed by atoms with Crippen LogP contribution in [0.2, 0.25) is 0 Å². The highest BCUT2D eigenvalue weighted by molar-refractivity contribution is 6.05. The average Bonchev–Trinajstić information content (AvgIpc) is 3.21. The zero-order chi connectivity index (χ0) is 21.2. The smallest absolute Gasteiger partial charge is 0.00135 e. The lowest BCUT2D eigenvalue weighted by Crippen LogP contribution is -1.93. The number of hydrogen-bond acceptors (Lipinski definition) is 0. The van der Waals surface area contributed by atoms with Gasteiger partial charge in [0.2, 0.25) is 0 Å². The van der Waals surface area contributed by atoms with Crippen LogP contribution in [0.4, 0.5) is 0 Å². The van der Waals surface area contributed by atoms with Crippen LogP contribution in [0, 0.1) is 0 Å². The van der Waals surface area contributed by atoms with Crippen LogP contribution < -0.4 is 0 Å². The van der Waals surface area contributed by atoms with Crippen molar-refractivity contribution in [3.8, 4) is 11.1 Å². The summed E-state index contributed by atoms with van der Waals surface area (Å²) in [5.74, 6) is 0. The van der Waals surface area contributed by atoms with Gasteiger partial charge in [0.15, 0.2) is 0 Å². The molecule has 0 radical (unpaired) electrons. The maximum absolute atomic E-state index is 2.26. The molecule has 0 fully saturated rings. The maximum atomic E-state index is 2.26. The molecule has 0 nitrogen and oxygen atoms in total. The minimum atomic E-state index is 1.09. The molecule has 0 aliphatic heterocycles. The number of rotatable bonds is 2. The van der Waals surface area contributed by atoms with Crippen molar-refractivity contribution in [1.82, 2.24) is 0 Å². The van der Waals surface area contributed by atoms with Gasteiger partial charge in [0, 0.05) is 0 Å². The molecule has 0 bridgehead atoms. The van der Waals surface area contributed by atoms with Crippen molar-refractivity contribution >= 4 is 21.5 Å². The fourth-order valence-corrected chi connectivity index (χ4v) is 5.15. The molecule has 5 aromatic carbocycles. The average molecular weight is 401 g/mol. The summed E-state index contributed by atoms with van der Waals surface area (Å²) in [7, 11) is 0. The number of benzene rings is 5. The normalized spacial score (nSPS) is 11.7. The first-order valence-corrected chi connectivity index (χ1v) is 11.4. The van der Waals surface area contributed by atoms with E-state index in [2.05, 4.69) is 111 Å². The molecule has 0 saturated carbocycles. The van der Waals surface area contributed by atoms with Crippen LogP contribution in [0.5, 0.6) is 0 Å². The Labute approximate surface area is 185 Å². The minimum Gasteiger partial charge on any atom is -0.0619 e. The molecule has 0 unspecified atom stereocenters. The standard InChI is InChI=1S/C18H18.C13H10/c1-3-13-15-9-5-7-11-17(15)14(4-2)18-12-8-6-10-16(13)18;1-3-7-12-10(5-1)9-11-6-2-4-8-13(11)12/h5-12H,3-4H2,1-2H3;1-8H,9H2. The SMILES string of the molecule is CCc1c2ccccc2c(CC)c2ccccc12.c1ccc2c(c1)Cc1ccccc1-2. The second-order valence-electron chi connectivity index (χ2n) is 8.25. The van der Waals surface area contributed by atoms with Gasteiger partial charge in [0.1, 0.15) is 0 Å². The molecule has 0 N–H and O–H groups in total. The second-order valence-corrected chi connectivity index (χ2v) is 8.25. The van der Waals surface area contributed by atoms with E-state index in [4.69, 9.17) is 0 Å². The van der Waals surface area contributed by atoms with E-state index in [1.54, 1.807) is 0 Å². The molecule has 5 aromatic rings. The minimum absolute atomic E-state index is 1.09. The first kappa shape index (κ1) is 19.6. The summed E-state index contributed by atoms with van der Waals surface area (Å²) in [6.07, 6.45) is 3.28. The Bertz CT molecular complexity index is 1210. The van der Waals surface area contributed by atoms with Crippen molar-refractivity contribution < 1.29 is 0 Å². The van der Waals surface area contributed by atoms with Gasteiger partial charge >= 0.3 is 0 Å². The molecule has 1 aliphatic rings. The lowest BCUT2D eigenvalue weighted by molar-refractivity contribution is 1.15. The monoisotopic (exact) mass is 400 g/mol. The highest BCUT2D eigenvalue weighted by atomic mass is 14.2. The number of hydrogen-bond donors (Lipinski definition) is 0. The van der Waals surface area contributed by atoms with Crippen LogP contribution >= 0.6 is 0 Å². The molecule has 6 rings (SSSR count). The Kier molecular flexibility index (Phi) is 5.30. The zero-order valence-corrected chi connectivity index (χ0v) is 18.4. The molecule has 0 saturated heterocycles. The predicted octanol–water partition coefficient (Wildman–Crippen LogP) is 8.38. The van der Waals surface area contributed by atoms with Gasteiger partial charge in [-0.1, -0.05) is 111 Å². The van der Waals surface area contributed by atoms with E-state index >= 15 is 0 Å². The highest BCUT2D eigenvalue weighted by Gasteiger charge is 2.16. The molecule has 0 amide bonds. The summed E-state index contributed by atoms with van der Waals surface area (Å²) in [6.45, 7) is 4.50. The summed E-state index contributed by atoms with van der Waals surface area (Å²) in [4.78, 5) is 0. The van der Waals surface area contributed by atoms with Gasteiger partial charge in [0.25, 0.3) is 0 Å². The van der Waals surface area contributed by atoms with E-state index in [0.29, 0.717) is 0 Å². The molecular weight excluding hydrogens is 372 g/mol. The molecule has 0 spiro atoms. The molecule has 0 aromatic heterocycles. The molecule has 0 atom stereocenters. The Balaban J connectivity index is 0.000000138. The van der Waals surface area contributed by atoms with Crippen LogP contribution in [0.3, 0.4) is 0 Å². The zero-order valence-electron chi connectivity index (χ0n) is 18.4. The largest absolute Gasteiger partial charge is 0.0619 e. The summed E-state index contributed by atoms with van der Waals surface area (Å²) >= 11 is 0. The Hall–Kier alpha value is -3.38. The van der Waals surface area contributed by atoms with E-state index in [1.807, 2.05) is 0 Å². The molecule has 0 heteroatoms. The number of fused-ring (bicyclic) bond motifs is 5. The molecule has 0 heterocycles. The summed E-state index contributed by atoms with van der Waals surface area (Å²) in [5, 5.41) is 5.71. The topological polar surface area (TPSA) is 0 Å². The third-order valence-electron chi connectivity index (χ3n) is 6.57. The molecule has 31 heavy (non-hydrogen) atoms. The second kappa shape index (κ2) is 8.40. The Morgan fingerprint density at radius 1 is 0.452 bits per heavy atom. The summed E-state index contributed by atoms with van der Waals surface area (Å²) in [5.41, 5.74) is 8.72. The third kappa shape index (κ3) is 3.43. The Morgan fingerprint density at radius 3 is 1.13 bits per heavy atom. The highest BCUT2D eigenvalue weighted by Crippen LogP contribution is 2.36. The predicted molar refractivity (Wildman–Crippen MR) is 135 cm³/mol. The van der Waals surface area contributed by atoms with Crippen LogP contribution in [0.25, 0.3) is 32.7 Å². The van der Waals surface area contributed by atoms with E-state index in [-0.39, 0.29) is 0 Å². The summed E-state index contributed by atoms with van der Waals surface area (Å²) in [6, 6.07) is 35.0. The van der Waals surface area contributed by atoms with Crippen molar-refractivity contribution in [1.29, 1.82) is 0 Å². The van der Waals surface area contributed by atoms with Crippen molar-refractivity contribution in [2.24, 2.45) is 0 Å². The summed E-state index contributed by atoms with van der Waals surface area (Å²) < 4.78 is 0. The lowest BCUT2D eigenvalue weighted by Gasteiger charge is -2.14. The molecule has 152 valence electrons. The van der Waals surface area contributed by atoms with Crippen molar-refractivity contribution in [3.05, 3.63) is 119 Å². The van der Waals surface area contributed by atoms with Crippen molar-refractivity contribution in [2.75, 3.05) is 0 Å². The maximum Gasteiger partial charge on any atom is -0.00135 e. The van der Waals surface area contributed by atoms with Crippen LogP contribution in [-0.4, -0.2) is 0 Å². The molecule has 1 aliphatic carbocycles. The van der Waals surface area contributed by atoms with Crippen LogP contribution in [0.15, 0.2) is 97.1 Å². The van der Waals surface area contributed by atoms with E-state index in [1.165, 1.54) is 54.9 Å². The van der Waals surface area contributed by atoms with Gasteiger partial charge < -0.3 is 0 Å². The quantitative estimate of drug-likeness (QED) is 0.256. The van der Waals surface area contributed by atoms with Gasteiger partial charge in [0.05, 0.1) is 0 Å². The van der Waals surface area contributed by atoms with Gasteiger partial charge in [-0.25, -0.2) is 0 Å². The first-order valence-electron chi connectivity index (χ1n) is 11.4. The van der Waals surface area contributed by atoms with Crippen molar-refractivity contribution in [3.63, 3.8) is 0 Å². The van der Waals surface area contributed by atoms with Crippen LogP contribution in [0.1, 0.15) is 36.1 Å². The fourth-order valence-electron chi connectivity index (χ4n) is 5.15. The number of aryl methyl sites for hydroxylation is 2. The molecular formula is C31H28. The fraction of sp³-hybridized carbons (Fsp3) is 0.161. The van der Waals surface area contributed by atoms with E-state index < -0.39 is 0 Å². The first-order chi connectivity index (χ1) is 15.3. The van der Waals surface area contributed by atoms with Gasteiger partial charge in [-0.2, -0.15) is 0 Å².